The smallest absolute Gasteiger partial charge is 0.124 e. The molecule has 4 heteroatoms. The predicted molar refractivity (Wildman–Crippen MR) is 52.9 cm³/mol. The molecule has 14 heavy (non-hydrogen) atoms. The van der Waals surface area contributed by atoms with Crippen LogP contribution in [0, 0.1) is 6.92 Å². The lowest BCUT2D eigenvalue weighted by molar-refractivity contribution is 0.422. The molecule has 4 nitrogen and oxygen atoms in total. The summed E-state index contributed by atoms with van der Waals surface area (Å²) in [5, 5.41) is 11.2. The average Bonchev–Trinajstić information content (AvgIpc) is 2.71. The Labute approximate surface area is 82.3 Å². The van der Waals surface area contributed by atoms with Gasteiger partial charge in [0.25, 0.3) is 0 Å². The molecule has 0 saturated heterocycles. The molecule has 0 aliphatic heterocycles. The van der Waals surface area contributed by atoms with E-state index in [9.17, 15) is 0 Å². The maximum Gasteiger partial charge on any atom is 0.124 e. The molecule has 0 saturated carbocycles. The van der Waals surface area contributed by atoms with Gasteiger partial charge in [0, 0.05) is 17.3 Å². The maximum atomic E-state index is 4.84. The van der Waals surface area contributed by atoms with Crippen molar-refractivity contribution in [3.63, 3.8) is 0 Å². The average molecular weight is 191 g/mol. The van der Waals surface area contributed by atoms with Gasteiger partial charge in [-0.05, 0) is 12.8 Å². The van der Waals surface area contributed by atoms with E-state index in [1.54, 1.807) is 6.26 Å². The van der Waals surface area contributed by atoms with E-state index >= 15 is 0 Å². The predicted octanol–water partition coefficient (Wildman–Crippen LogP) is 2.50. The second-order valence-corrected chi connectivity index (χ2v) is 3.65. The third kappa shape index (κ3) is 1.32. The van der Waals surface area contributed by atoms with Crippen molar-refractivity contribution >= 4 is 0 Å². The standard InChI is InChI=1S/C10H13N3O/c1-6(2)10-9(7(3)11-12-10)8-4-5-14-13-8/h4-6H,1-3H3,(H,11,12). The molecule has 0 unspecified atom stereocenters. The van der Waals surface area contributed by atoms with Crippen LogP contribution in [-0.4, -0.2) is 15.4 Å². The van der Waals surface area contributed by atoms with Crippen LogP contribution in [-0.2, 0) is 0 Å². The minimum Gasteiger partial charge on any atom is -0.364 e. The van der Waals surface area contributed by atoms with Crippen LogP contribution in [0.5, 0.6) is 0 Å². The molecule has 0 aliphatic carbocycles. The highest BCUT2D eigenvalue weighted by Gasteiger charge is 2.16. The molecule has 74 valence electrons. The number of aromatic amines is 1. The van der Waals surface area contributed by atoms with Crippen LogP contribution in [0.15, 0.2) is 16.9 Å². The van der Waals surface area contributed by atoms with E-state index < -0.39 is 0 Å². The van der Waals surface area contributed by atoms with Gasteiger partial charge in [-0.25, -0.2) is 0 Å². The van der Waals surface area contributed by atoms with E-state index in [0.29, 0.717) is 5.92 Å². The molecular weight excluding hydrogens is 178 g/mol. The van der Waals surface area contributed by atoms with E-state index in [-0.39, 0.29) is 0 Å². The van der Waals surface area contributed by atoms with Crippen LogP contribution in [0.25, 0.3) is 11.3 Å². The van der Waals surface area contributed by atoms with Gasteiger partial charge in [-0.1, -0.05) is 19.0 Å². The largest absolute Gasteiger partial charge is 0.364 e. The molecular formula is C10H13N3O. The Hall–Kier alpha value is -1.58. The summed E-state index contributed by atoms with van der Waals surface area (Å²) >= 11 is 0. The van der Waals surface area contributed by atoms with E-state index in [1.807, 2.05) is 13.0 Å². The first kappa shape index (κ1) is 8.99. The summed E-state index contributed by atoms with van der Waals surface area (Å²) in [4.78, 5) is 0. The van der Waals surface area contributed by atoms with Crippen molar-refractivity contribution < 1.29 is 4.52 Å². The number of hydrogen-bond donors (Lipinski definition) is 1. The van der Waals surface area contributed by atoms with Crippen molar-refractivity contribution in [1.29, 1.82) is 0 Å². The van der Waals surface area contributed by atoms with Crippen LogP contribution in [0.1, 0.15) is 31.2 Å². The van der Waals surface area contributed by atoms with Crippen LogP contribution in [0.2, 0.25) is 0 Å². The third-order valence-corrected chi connectivity index (χ3v) is 2.22. The Bertz CT molecular complexity index is 415. The zero-order valence-corrected chi connectivity index (χ0v) is 8.53. The van der Waals surface area contributed by atoms with Crippen molar-refractivity contribution in [1.82, 2.24) is 15.4 Å². The lowest BCUT2D eigenvalue weighted by Crippen LogP contribution is -1.91. The Morgan fingerprint density at radius 2 is 2.21 bits per heavy atom. The number of rotatable bonds is 2. The Balaban J connectivity index is 2.56. The molecule has 2 heterocycles. The minimum absolute atomic E-state index is 0.381. The van der Waals surface area contributed by atoms with Crippen molar-refractivity contribution in [3.05, 3.63) is 23.7 Å². The first-order valence-electron chi connectivity index (χ1n) is 4.65. The monoisotopic (exact) mass is 191 g/mol. The van der Waals surface area contributed by atoms with Gasteiger partial charge in [0.05, 0.1) is 5.69 Å². The molecule has 0 aliphatic rings. The van der Waals surface area contributed by atoms with E-state index in [2.05, 4.69) is 29.2 Å². The van der Waals surface area contributed by atoms with Crippen LogP contribution in [0.3, 0.4) is 0 Å². The van der Waals surface area contributed by atoms with Gasteiger partial charge in [-0.3, -0.25) is 5.10 Å². The lowest BCUT2D eigenvalue weighted by atomic mass is 10.0. The maximum absolute atomic E-state index is 4.84. The molecule has 0 amide bonds. The summed E-state index contributed by atoms with van der Waals surface area (Å²) in [6, 6.07) is 1.85. The van der Waals surface area contributed by atoms with Crippen molar-refractivity contribution in [3.8, 4) is 11.3 Å². The highest BCUT2D eigenvalue weighted by Crippen LogP contribution is 2.28. The second kappa shape index (κ2) is 3.29. The summed E-state index contributed by atoms with van der Waals surface area (Å²) in [7, 11) is 0. The topological polar surface area (TPSA) is 54.7 Å². The minimum atomic E-state index is 0.381. The molecule has 0 atom stereocenters. The van der Waals surface area contributed by atoms with Gasteiger partial charge in [0.2, 0.25) is 0 Å². The number of aryl methyl sites for hydroxylation is 1. The number of nitrogens with one attached hydrogen (secondary N) is 1. The van der Waals surface area contributed by atoms with Crippen molar-refractivity contribution in [2.24, 2.45) is 0 Å². The summed E-state index contributed by atoms with van der Waals surface area (Å²) in [6.07, 6.45) is 1.58. The molecule has 2 aromatic heterocycles. The summed E-state index contributed by atoms with van der Waals surface area (Å²) < 4.78 is 4.84. The lowest BCUT2D eigenvalue weighted by Gasteiger charge is -2.02. The first-order chi connectivity index (χ1) is 6.70. The fourth-order valence-electron chi connectivity index (χ4n) is 1.53. The van der Waals surface area contributed by atoms with Gasteiger partial charge in [-0.2, -0.15) is 5.10 Å². The zero-order chi connectivity index (χ0) is 10.1. The summed E-state index contributed by atoms with van der Waals surface area (Å²) in [5.74, 6) is 0.381. The molecule has 2 aromatic rings. The third-order valence-electron chi connectivity index (χ3n) is 2.22. The fraction of sp³-hybridized carbons (Fsp3) is 0.400. The van der Waals surface area contributed by atoms with Crippen LogP contribution in [0.4, 0.5) is 0 Å². The highest BCUT2D eigenvalue weighted by atomic mass is 16.5. The van der Waals surface area contributed by atoms with Crippen molar-refractivity contribution in [2.75, 3.05) is 0 Å². The summed E-state index contributed by atoms with van der Waals surface area (Å²) in [6.45, 7) is 6.21. The van der Waals surface area contributed by atoms with Gasteiger partial charge >= 0.3 is 0 Å². The molecule has 2 rings (SSSR count). The van der Waals surface area contributed by atoms with Gasteiger partial charge in [-0.15, -0.1) is 0 Å². The van der Waals surface area contributed by atoms with Crippen LogP contribution < -0.4 is 0 Å². The number of aromatic nitrogens is 3. The molecule has 0 bridgehead atoms. The Morgan fingerprint density at radius 3 is 2.79 bits per heavy atom. The number of H-pyrrole nitrogens is 1. The van der Waals surface area contributed by atoms with E-state index in [0.717, 1.165) is 22.6 Å². The van der Waals surface area contributed by atoms with Gasteiger partial charge in [0.15, 0.2) is 0 Å². The Morgan fingerprint density at radius 1 is 1.43 bits per heavy atom. The number of hydrogen-bond acceptors (Lipinski definition) is 3. The summed E-state index contributed by atoms with van der Waals surface area (Å²) in [5.41, 5.74) is 3.98. The number of nitrogens with zero attached hydrogens (tertiary/aromatic N) is 2. The molecule has 0 spiro atoms. The molecule has 1 N–H and O–H groups in total. The van der Waals surface area contributed by atoms with E-state index in [1.165, 1.54) is 0 Å². The molecule has 0 aromatic carbocycles. The highest BCUT2D eigenvalue weighted by molar-refractivity contribution is 5.64. The SMILES string of the molecule is Cc1[nH]nc(C(C)C)c1-c1ccon1. The first-order valence-corrected chi connectivity index (χ1v) is 4.65. The fourth-order valence-corrected chi connectivity index (χ4v) is 1.53. The van der Waals surface area contributed by atoms with Gasteiger partial charge < -0.3 is 4.52 Å². The second-order valence-electron chi connectivity index (χ2n) is 3.65. The normalized spacial score (nSPS) is 11.1. The zero-order valence-electron chi connectivity index (χ0n) is 8.53. The van der Waals surface area contributed by atoms with E-state index in [4.69, 9.17) is 4.52 Å². The molecule has 0 fully saturated rings. The van der Waals surface area contributed by atoms with Crippen LogP contribution >= 0.6 is 0 Å². The quantitative estimate of drug-likeness (QED) is 0.793. The van der Waals surface area contributed by atoms with Crippen molar-refractivity contribution in [2.45, 2.75) is 26.7 Å². The Kier molecular flexibility index (Phi) is 2.11. The molecule has 0 radical (unpaired) electrons. The van der Waals surface area contributed by atoms with Gasteiger partial charge in [0.1, 0.15) is 12.0 Å².